The zero-order valence-electron chi connectivity index (χ0n) is 16.1. The van der Waals surface area contributed by atoms with E-state index in [4.69, 9.17) is 4.74 Å². The number of amides is 1. The number of nitrogens with one attached hydrogen (secondary N) is 2. The highest BCUT2D eigenvalue weighted by molar-refractivity contribution is 7.90. The molecule has 156 valence electrons. The molecule has 10 heteroatoms. The smallest absolute Gasteiger partial charge is 0.285 e. The quantitative estimate of drug-likeness (QED) is 0.686. The second-order valence-electron chi connectivity index (χ2n) is 7.20. The molecule has 1 amide bonds. The first-order valence-corrected chi connectivity index (χ1v) is 10.4. The molecule has 0 unspecified atom stereocenters. The van der Waals surface area contributed by atoms with Gasteiger partial charge in [-0.05, 0) is 38.1 Å². The molecule has 0 saturated carbocycles. The van der Waals surface area contributed by atoms with Crippen LogP contribution < -0.4 is 10.6 Å². The number of piperidine rings is 1. The summed E-state index contributed by atoms with van der Waals surface area (Å²) in [5, 5.41) is 6.31. The van der Waals surface area contributed by atoms with E-state index >= 15 is 0 Å². The van der Waals surface area contributed by atoms with Gasteiger partial charge in [0.2, 0.25) is 5.91 Å². The Hall–Kier alpha value is -1.68. The largest absolute Gasteiger partial charge is 0.384 e. The van der Waals surface area contributed by atoms with Gasteiger partial charge in [0, 0.05) is 31.7 Å². The lowest BCUT2D eigenvalue weighted by molar-refractivity contribution is -0.122. The summed E-state index contributed by atoms with van der Waals surface area (Å²) < 4.78 is 33.5. The Kier molecular flexibility index (Phi) is 7.44. The maximum absolute atomic E-state index is 12.5. The average Bonchev–Trinajstić information content (AvgIpc) is 2.93. The minimum atomic E-state index is -3.69. The first-order valence-electron chi connectivity index (χ1n) is 8.99. The average molecular weight is 431 g/mol. The molecule has 0 bridgehead atoms. The lowest BCUT2D eigenvalue weighted by Crippen LogP contribution is -2.49. The number of hydrogen-bond donors (Lipinski definition) is 2. The summed E-state index contributed by atoms with van der Waals surface area (Å²) in [7, 11) is -0.343. The van der Waals surface area contributed by atoms with Gasteiger partial charge in [0.25, 0.3) is 10.0 Å². The fraction of sp³-hybridized carbons (Fsp3) is 0.556. The third-order valence-electron chi connectivity index (χ3n) is 5.13. The Morgan fingerprint density at radius 1 is 1.32 bits per heavy atom. The van der Waals surface area contributed by atoms with E-state index in [0.717, 1.165) is 25.9 Å². The highest BCUT2D eigenvalue weighted by atomic mass is 35.5. The van der Waals surface area contributed by atoms with Gasteiger partial charge in [-0.3, -0.25) is 4.79 Å². The second-order valence-corrected chi connectivity index (χ2v) is 8.77. The molecule has 28 heavy (non-hydrogen) atoms. The van der Waals surface area contributed by atoms with E-state index in [-0.39, 0.29) is 35.2 Å². The molecule has 0 atom stereocenters. The van der Waals surface area contributed by atoms with Gasteiger partial charge >= 0.3 is 0 Å². The summed E-state index contributed by atoms with van der Waals surface area (Å²) in [4.78, 5) is 14.2. The van der Waals surface area contributed by atoms with Gasteiger partial charge in [-0.1, -0.05) is 12.1 Å². The van der Waals surface area contributed by atoms with Crippen molar-refractivity contribution in [2.45, 2.75) is 17.7 Å². The Morgan fingerprint density at radius 3 is 2.68 bits per heavy atom. The molecule has 0 aromatic heterocycles. The van der Waals surface area contributed by atoms with Gasteiger partial charge in [-0.2, -0.15) is 8.42 Å². The van der Waals surface area contributed by atoms with Crippen LogP contribution in [0.5, 0.6) is 0 Å². The molecule has 1 aromatic carbocycles. The highest BCUT2D eigenvalue weighted by Gasteiger charge is 2.33. The van der Waals surface area contributed by atoms with Crippen molar-refractivity contribution >= 4 is 34.2 Å². The van der Waals surface area contributed by atoms with E-state index in [1.165, 1.54) is 6.07 Å². The molecule has 1 aromatic rings. The van der Waals surface area contributed by atoms with Gasteiger partial charge in [-0.15, -0.1) is 16.8 Å². The fourth-order valence-corrected chi connectivity index (χ4v) is 4.88. The predicted octanol–water partition coefficient (Wildman–Crippen LogP) is 0.622. The molecule has 0 aliphatic carbocycles. The maximum Gasteiger partial charge on any atom is 0.285 e. The number of carbonyl (C=O) groups excluding carboxylic acids is 1. The molecule has 8 nitrogen and oxygen atoms in total. The van der Waals surface area contributed by atoms with E-state index in [1.54, 1.807) is 37.3 Å². The van der Waals surface area contributed by atoms with Crippen LogP contribution >= 0.6 is 12.4 Å². The molecule has 2 aliphatic rings. The van der Waals surface area contributed by atoms with E-state index in [1.807, 2.05) is 0 Å². The van der Waals surface area contributed by atoms with Gasteiger partial charge in [0.05, 0.1) is 13.2 Å². The first-order chi connectivity index (χ1) is 12.9. The Labute approximate surface area is 172 Å². The number of likely N-dealkylation sites (N-methyl/N-ethyl adjacent to an activating group) is 1. The predicted molar refractivity (Wildman–Crippen MR) is 109 cm³/mol. The number of ether oxygens (including phenoxy) is 1. The topological polar surface area (TPSA) is 100 Å². The number of fused-ring (bicyclic) bond motifs is 1. The van der Waals surface area contributed by atoms with Crippen LogP contribution in [0.3, 0.4) is 0 Å². The monoisotopic (exact) mass is 430 g/mol. The molecule has 2 aliphatic heterocycles. The standard InChI is InChI=1S/C18H26N4O4S.ClH/c1-22(17-14-5-3-4-6-15(14)27(24,25)21-17)11-16(23)20-12-18(13-26-2)7-9-19-10-8-18;/h3-6,19H,7-13H2,1-2H3,(H,20,23);1H. The van der Waals surface area contributed by atoms with Crippen LogP contribution in [0.25, 0.3) is 0 Å². The SMILES string of the molecule is COCC1(CNC(=O)CN(C)C2=NS(=O)(=O)c3ccccc32)CCNCC1.Cl. The highest BCUT2D eigenvalue weighted by Crippen LogP contribution is 2.29. The van der Waals surface area contributed by atoms with E-state index in [2.05, 4.69) is 15.0 Å². The zero-order chi connectivity index (χ0) is 19.5. The van der Waals surface area contributed by atoms with Gasteiger partial charge in [0.1, 0.15) is 4.90 Å². The summed E-state index contributed by atoms with van der Waals surface area (Å²) in [6, 6.07) is 6.65. The van der Waals surface area contributed by atoms with Crippen LogP contribution in [0.15, 0.2) is 33.6 Å². The third kappa shape index (κ3) is 4.83. The molecule has 0 spiro atoms. The van der Waals surface area contributed by atoms with E-state index < -0.39 is 10.0 Å². The number of methoxy groups -OCH3 is 1. The zero-order valence-corrected chi connectivity index (χ0v) is 17.7. The number of hydrogen-bond acceptors (Lipinski definition) is 6. The van der Waals surface area contributed by atoms with Crippen molar-refractivity contribution in [1.29, 1.82) is 0 Å². The lowest BCUT2D eigenvalue weighted by atomic mass is 9.79. The van der Waals surface area contributed by atoms with Crippen molar-refractivity contribution in [1.82, 2.24) is 15.5 Å². The molecular weight excluding hydrogens is 404 g/mol. The lowest BCUT2D eigenvalue weighted by Gasteiger charge is -2.37. The van der Waals surface area contributed by atoms with Crippen molar-refractivity contribution < 1.29 is 17.9 Å². The van der Waals surface area contributed by atoms with Crippen LogP contribution in [-0.2, 0) is 19.6 Å². The molecule has 2 heterocycles. The molecule has 1 saturated heterocycles. The van der Waals surface area contributed by atoms with Gasteiger partial charge < -0.3 is 20.3 Å². The van der Waals surface area contributed by atoms with E-state index in [9.17, 15) is 13.2 Å². The van der Waals surface area contributed by atoms with Gasteiger partial charge in [-0.25, -0.2) is 0 Å². The summed E-state index contributed by atoms with van der Waals surface area (Å²) in [5.74, 6) is 0.130. The third-order valence-corrected chi connectivity index (χ3v) is 6.46. The van der Waals surface area contributed by atoms with Crippen LogP contribution in [0.4, 0.5) is 0 Å². The minimum absolute atomic E-state index is 0. The number of nitrogens with zero attached hydrogens (tertiary/aromatic N) is 2. The van der Waals surface area contributed by atoms with Crippen molar-refractivity contribution in [3.63, 3.8) is 0 Å². The summed E-state index contributed by atoms with van der Waals surface area (Å²) in [5.41, 5.74) is 0.469. The van der Waals surface area contributed by atoms with Gasteiger partial charge in [0.15, 0.2) is 5.84 Å². The fourth-order valence-electron chi connectivity index (χ4n) is 3.63. The molecule has 2 N–H and O–H groups in total. The van der Waals surface area contributed by atoms with Crippen molar-refractivity contribution in [2.75, 3.05) is 46.9 Å². The first kappa shape index (κ1) is 22.6. The minimum Gasteiger partial charge on any atom is -0.384 e. The van der Waals surface area contributed by atoms with Crippen molar-refractivity contribution in [3.05, 3.63) is 29.8 Å². The molecule has 1 fully saturated rings. The van der Waals surface area contributed by atoms with Crippen molar-refractivity contribution in [2.24, 2.45) is 9.81 Å². The Balaban J connectivity index is 0.00000280. The number of rotatable bonds is 6. The summed E-state index contributed by atoms with van der Waals surface area (Å²) in [6.07, 6.45) is 1.88. The number of benzene rings is 1. The molecule has 3 rings (SSSR count). The number of amidine groups is 1. The Bertz CT molecular complexity index is 832. The summed E-state index contributed by atoms with van der Waals surface area (Å²) >= 11 is 0. The number of carbonyl (C=O) groups is 1. The van der Waals surface area contributed by atoms with Crippen LogP contribution in [0.1, 0.15) is 18.4 Å². The normalized spacial score (nSPS) is 19.1. The molecule has 0 radical (unpaired) electrons. The van der Waals surface area contributed by atoms with Crippen LogP contribution in [0.2, 0.25) is 0 Å². The molecular formula is C18H27ClN4O4S. The summed E-state index contributed by atoms with van der Waals surface area (Å²) in [6.45, 7) is 2.98. The maximum atomic E-state index is 12.5. The van der Waals surface area contributed by atoms with Crippen LogP contribution in [0, 0.1) is 5.41 Å². The van der Waals surface area contributed by atoms with E-state index in [0.29, 0.717) is 24.6 Å². The van der Waals surface area contributed by atoms with Crippen molar-refractivity contribution in [3.8, 4) is 0 Å². The van der Waals surface area contributed by atoms with Crippen LogP contribution in [-0.4, -0.2) is 72.0 Å². The number of sulfonamides is 1. The Morgan fingerprint density at radius 2 is 2.00 bits per heavy atom. The number of halogens is 1. The second kappa shape index (κ2) is 9.21.